The number of nitrogens with zero attached hydrogens (tertiary/aromatic N) is 2. The summed E-state index contributed by atoms with van der Waals surface area (Å²) in [6.45, 7) is 0. The Balaban J connectivity index is 1.66. The number of allylic oxidation sites excluding steroid dienone is 1. The first-order chi connectivity index (χ1) is 15.6. The van der Waals surface area contributed by atoms with Crippen molar-refractivity contribution in [2.24, 2.45) is 0 Å². The van der Waals surface area contributed by atoms with E-state index in [9.17, 15) is 9.18 Å². The number of benzene rings is 3. The van der Waals surface area contributed by atoms with Crippen molar-refractivity contribution in [2.75, 3.05) is 0 Å². The molecule has 0 radical (unpaired) electrons. The molecule has 0 aliphatic heterocycles. The molecule has 0 fully saturated rings. The van der Waals surface area contributed by atoms with Gasteiger partial charge in [0, 0.05) is 23.0 Å². The van der Waals surface area contributed by atoms with Gasteiger partial charge in [0.1, 0.15) is 5.82 Å². The average Bonchev–Trinajstić information content (AvgIpc) is 3.25. The number of hydrogen-bond acceptors (Lipinski definition) is 2. The summed E-state index contributed by atoms with van der Waals surface area (Å²) in [5.41, 5.74) is 6.56. The molecule has 154 valence electrons. The fourth-order valence-electron chi connectivity index (χ4n) is 4.52. The van der Waals surface area contributed by atoms with Crippen molar-refractivity contribution < 1.29 is 4.39 Å². The van der Waals surface area contributed by atoms with Gasteiger partial charge in [0.05, 0.1) is 21.7 Å². The summed E-state index contributed by atoms with van der Waals surface area (Å²) < 4.78 is 15.4. The Morgan fingerprint density at radius 1 is 0.969 bits per heavy atom. The van der Waals surface area contributed by atoms with Crippen LogP contribution in [-0.2, 0) is 6.42 Å². The molecule has 1 aliphatic rings. The molecule has 0 unspecified atom stereocenters. The van der Waals surface area contributed by atoms with Crippen molar-refractivity contribution in [1.82, 2.24) is 9.55 Å². The SMILES string of the molecule is O=c1ccc2cnc3ccc(C4=CCc5ccccc54)cc3c2n1-c1ccc(F)c(Cl)c1. The van der Waals surface area contributed by atoms with Crippen molar-refractivity contribution in [3.8, 4) is 5.69 Å². The summed E-state index contributed by atoms with van der Waals surface area (Å²) in [5, 5.41) is 1.64. The van der Waals surface area contributed by atoms with Gasteiger partial charge >= 0.3 is 0 Å². The molecule has 0 amide bonds. The van der Waals surface area contributed by atoms with Crippen LogP contribution in [0.1, 0.15) is 16.7 Å². The largest absolute Gasteiger partial charge is 0.276 e. The minimum atomic E-state index is -0.524. The summed E-state index contributed by atoms with van der Waals surface area (Å²) in [7, 11) is 0. The third-order valence-corrected chi connectivity index (χ3v) is 6.31. The lowest BCUT2D eigenvalue weighted by Crippen LogP contribution is -2.17. The summed E-state index contributed by atoms with van der Waals surface area (Å²) in [5.74, 6) is -0.524. The van der Waals surface area contributed by atoms with Crippen LogP contribution in [0.4, 0.5) is 4.39 Å². The molecule has 5 aromatic rings. The first-order valence-corrected chi connectivity index (χ1v) is 10.7. The summed E-state index contributed by atoms with van der Waals surface area (Å²) >= 11 is 6.03. The number of rotatable bonds is 2. The van der Waals surface area contributed by atoms with Crippen LogP contribution in [0.25, 0.3) is 33.1 Å². The smallest absolute Gasteiger partial charge is 0.255 e. The third-order valence-electron chi connectivity index (χ3n) is 6.02. The van der Waals surface area contributed by atoms with Crippen molar-refractivity contribution in [1.29, 1.82) is 0 Å². The Bertz CT molecular complexity index is 1650. The maximum atomic E-state index is 13.8. The molecule has 3 aromatic carbocycles. The van der Waals surface area contributed by atoms with Gasteiger partial charge < -0.3 is 0 Å². The van der Waals surface area contributed by atoms with Crippen LogP contribution in [0.5, 0.6) is 0 Å². The highest BCUT2D eigenvalue weighted by atomic mass is 35.5. The number of halogens is 2. The molecule has 6 rings (SSSR count). The predicted molar refractivity (Wildman–Crippen MR) is 127 cm³/mol. The van der Waals surface area contributed by atoms with E-state index in [0.717, 1.165) is 33.8 Å². The van der Waals surface area contributed by atoms with Gasteiger partial charge in [-0.2, -0.15) is 0 Å². The maximum Gasteiger partial charge on any atom is 0.255 e. The Hall–Kier alpha value is -3.76. The van der Waals surface area contributed by atoms with Crippen LogP contribution in [0.3, 0.4) is 0 Å². The summed E-state index contributed by atoms with van der Waals surface area (Å²) in [6, 6.07) is 22.1. The Kier molecular flexibility index (Phi) is 4.23. The molecule has 0 spiro atoms. The zero-order valence-corrected chi connectivity index (χ0v) is 17.6. The molecule has 1 aliphatic carbocycles. The van der Waals surface area contributed by atoms with Crippen molar-refractivity contribution >= 4 is 39.0 Å². The second kappa shape index (κ2) is 7.14. The van der Waals surface area contributed by atoms with E-state index in [4.69, 9.17) is 11.6 Å². The first-order valence-electron chi connectivity index (χ1n) is 10.3. The van der Waals surface area contributed by atoms with E-state index < -0.39 is 5.82 Å². The molecule has 3 nitrogen and oxygen atoms in total. The van der Waals surface area contributed by atoms with E-state index in [0.29, 0.717) is 5.69 Å². The molecule has 0 N–H and O–H groups in total. The van der Waals surface area contributed by atoms with Gasteiger partial charge in [-0.3, -0.25) is 14.3 Å². The minimum absolute atomic E-state index is 0.0295. The number of hydrogen-bond donors (Lipinski definition) is 0. The average molecular weight is 439 g/mol. The zero-order valence-electron chi connectivity index (χ0n) is 16.8. The van der Waals surface area contributed by atoms with Crippen molar-refractivity contribution in [3.63, 3.8) is 0 Å². The number of aromatic nitrogens is 2. The molecule has 32 heavy (non-hydrogen) atoms. The molecule has 5 heteroatoms. The van der Waals surface area contributed by atoms with E-state index in [1.54, 1.807) is 22.9 Å². The van der Waals surface area contributed by atoms with Gasteiger partial charge in [-0.1, -0.05) is 48.0 Å². The van der Waals surface area contributed by atoms with Crippen LogP contribution in [0.2, 0.25) is 5.02 Å². The second-order valence-corrected chi connectivity index (χ2v) is 8.29. The van der Waals surface area contributed by atoms with Crippen molar-refractivity contribution in [3.05, 3.63) is 123 Å². The highest BCUT2D eigenvalue weighted by Crippen LogP contribution is 2.35. The molecule has 0 bridgehead atoms. The lowest BCUT2D eigenvalue weighted by atomic mass is 9.97. The van der Waals surface area contributed by atoms with Crippen LogP contribution < -0.4 is 5.56 Å². The molecule has 2 aromatic heterocycles. The third kappa shape index (κ3) is 2.88. The van der Waals surface area contributed by atoms with E-state index in [1.165, 1.54) is 34.9 Å². The first kappa shape index (κ1) is 19.0. The van der Waals surface area contributed by atoms with Crippen molar-refractivity contribution in [2.45, 2.75) is 6.42 Å². The predicted octanol–water partition coefficient (Wildman–Crippen LogP) is 6.32. The molecule has 0 saturated carbocycles. The van der Waals surface area contributed by atoms with Crippen LogP contribution in [-0.4, -0.2) is 9.55 Å². The van der Waals surface area contributed by atoms with Gasteiger partial charge in [0.25, 0.3) is 5.56 Å². The lowest BCUT2D eigenvalue weighted by molar-refractivity contribution is 0.628. The summed E-state index contributed by atoms with van der Waals surface area (Å²) in [4.78, 5) is 17.6. The highest BCUT2D eigenvalue weighted by Gasteiger charge is 2.17. The minimum Gasteiger partial charge on any atom is -0.276 e. The normalized spacial score (nSPS) is 12.9. The molecular weight excluding hydrogens is 423 g/mol. The standard InChI is InChI=1S/C27H16ClFN2O/c28-23-14-19(8-10-24(23)29)31-26(32)12-7-18-15-30-25-11-6-17(13-22(25)27(18)31)21-9-5-16-3-1-2-4-20(16)21/h1-4,6-15H,5H2. The Morgan fingerprint density at radius 3 is 2.72 bits per heavy atom. The quantitative estimate of drug-likeness (QED) is 0.302. The molecule has 0 atom stereocenters. The monoisotopic (exact) mass is 438 g/mol. The maximum absolute atomic E-state index is 13.8. The lowest BCUT2D eigenvalue weighted by Gasteiger charge is -2.14. The van der Waals surface area contributed by atoms with E-state index in [2.05, 4.69) is 41.4 Å². The van der Waals surface area contributed by atoms with E-state index in [1.807, 2.05) is 12.1 Å². The second-order valence-electron chi connectivity index (χ2n) is 7.88. The molecule has 0 saturated heterocycles. The van der Waals surface area contributed by atoms with Crippen LogP contribution in [0, 0.1) is 5.82 Å². The summed E-state index contributed by atoms with van der Waals surface area (Å²) in [6.07, 6.45) is 4.88. The van der Waals surface area contributed by atoms with Gasteiger partial charge in [0.15, 0.2) is 0 Å². The number of pyridine rings is 2. The van der Waals surface area contributed by atoms with Crippen LogP contribution in [0.15, 0.2) is 89.9 Å². The van der Waals surface area contributed by atoms with Gasteiger partial charge in [-0.05, 0) is 65.1 Å². The molecular formula is C27H16ClFN2O. The van der Waals surface area contributed by atoms with E-state index >= 15 is 0 Å². The number of fused-ring (bicyclic) bond motifs is 4. The fourth-order valence-corrected chi connectivity index (χ4v) is 4.69. The zero-order chi connectivity index (χ0) is 21.8. The molecule has 2 heterocycles. The highest BCUT2D eigenvalue weighted by molar-refractivity contribution is 6.30. The topological polar surface area (TPSA) is 34.9 Å². The Labute approximate surface area is 188 Å². The Morgan fingerprint density at radius 2 is 1.84 bits per heavy atom. The van der Waals surface area contributed by atoms with Gasteiger partial charge in [-0.15, -0.1) is 0 Å². The van der Waals surface area contributed by atoms with Gasteiger partial charge in [0.2, 0.25) is 0 Å². The van der Waals surface area contributed by atoms with Gasteiger partial charge in [-0.25, -0.2) is 4.39 Å². The van der Waals surface area contributed by atoms with E-state index in [-0.39, 0.29) is 10.6 Å². The van der Waals surface area contributed by atoms with Crippen LogP contribution >= 0.6 is 11.6 Å². The fraction of sp³-hybridized carbons (Fsp3) is 0.0370.